The minimum atomic E-state index is -0.457. The van der Waals surface area contributed by atoms with Crippen molar-refractivity contribution < 1.29 is 9.66 Å². The zero-order chi connectivity index (χ0) is 15.4. The van der Waals surface area contributed by atoms with Crippen LogP contribution in [0.1, 0.15) is 18.3 Å². The molecule has 0 fully saturated rings. The number of aromatic nitrogens is 2. The SMILES string of the molecule is CCc1ccc(Oc2cc(NC)nc(C)n2)c([N+](=O)[O-])c1. The van der Waals surface area contributed by atoms with E-state index in [1.807, 2.05) is 6.92 Å². The number of nitro groups is 1. The molecule has 0 radical (unpaired) electrons. The molecule has 1 N–H and O–H groups in total. The van der Waals surface area contributed by atoms with Crippen molar-refractivity contribution in [2.24, 2.45) is 0 Å². The van der Waals surface area contributed by atoms with Gasteiger partial charge in [0.05, 0.1) is 4.92 Å². The fourth-order valence-corrected chi connectivity index (χ4v) is 1.85. The molecule has 21 heavy (non-hydrogen) atoms. The van der Waals surface area contributed by atoms with Gasteiger partial charge in [-0.25, -0.2) is 4.98 Å². The molecular formula is C14H16N4O3. The van der Waals surface area contributed by atoms with Crippen LogP contribution in [-0.4, -0.2) is 21.9 Å². The predicted octanol–water partition coefficient (Wildman–Crippen LogP) is 3.09. The normalized spacial score (nSPS) is 10.2. The van der Waals surface area contributed by atoms with Crippen molar-refractivity contribution in [3.8, 4) is 11.6 Å². The summed E-state index contributed by atoms with van der Waals surface area (Å²) >= 11 is 0. The first-order valence-electron chi connectivity index (χ1n) is 6.52. The van der Waals surface area contributed by atoms with Gasteiger partial charge in [0.1, 0.15) is 11.6 Å². The Bertz CT molecular complexity index is 673. The van der Waals surface area contributed by atoms with E-state index in [1.165, 1.54) is 6.07 Å². The lowest BCUT2D eigenvalue weighted by Gasteiger charge is -2.08. The van der Waals surface area contributed by atoms with Crippen LogP contribution < -0.4 is 10.1 Å². The number of ether oxygens (including phenoxy) is 1. The molecule has 2 rings (SSSR count). The summed E-state index contributed by atoms with van der Waals surface area (Å²) in [5.41, 5.74) is 0.806. The molecule has 0 saturated carbocycles. The minimum absolute atomic E-state index is 0.0726. The summed E-state index contributed by atoms with van der Waals surface area (Å²) < 4.78 is 5.56. The number of nitrogens with zero attached hydrogens (tertiary/aromatic N) is 3. The molecule has 0 aliphatic heterocycles. The molecule has 0 saturated heterocycles. The van der Waals surface area contributed by atoms with Gasteiger partial charge in [-0.1, -0.05) is 13.0 Å². The average Bonchev–Trinajstić information content (AvgIpc) is 2.46. The van der Waals surface area contributed by atoms with Crippen LogP contribution >= 0.6 is 0 Å². The van der Waals surface area contributed by atoms with Crippen molar-refractivity contribution in [2.45, 2.75) is 20.3 Å². The zero-order valence-corrected chi connectivity index (χ0v) is 12.1. The number of benzene rings is 1. The Kier molecular flexibility index (Phi) is 4.32. The van der Waals surface area contributed by atoms with E-state index < -0.39 is 4.92 Å². The van der Waals surface area contributed by atoms with Gasteiger partial charge in [-0.3, -0.25) is 10.1 Å². The Labute approximate surface area is 122 Å². The van der Waals surface area contributed by atoms with Crippen LogP contribution in [0, 0.1) is 17.0 Å². The first-order valence-corrected chi connectivity index (χ1v) is 6.52. The van der Waals surface area contributed by atoms with E-state index >= 15 is 0 Å². The first kappa shape index (κ1) is 14.7. The molecule has 7 heteroatoms. The third kappa shape index (κ3) is 3.44. The highest BCUT2D eigenvalue weighted by Gasteiger charge is 2.17. The topological polar surface area (TPSA) is 90.2 Å². The third-order valence-corrected chi connectivity index (χ3v) is 2.91. The standard InChI is InChI=1S/C14H16N4O3/c1-4-10-5-6-12(11(7-10)18(19)20)21-14-8-13(15-3)16-9(2)17-14/h5-8H,4H2,1-3H3,(H,15,16,17). The maximum Gasteiger partial charge on any atom is 0.311 e. The molecule has 0 bridgehead atoms. The average molecular weight is 288 g/mol. The number of hydrogen-bond donors (Lipinski definition) is 1. The highest BCUT2D eigenvalue weighted by molar-refractivity contribution is 5.50. The van der Waals surface area contributed by atoms with Gasteiger partial charge in [0, 0.05) is 19.2 Å². The molecule has 1 aromatic heterocycles. The molecule has 0 aliphatic rings. The van der Waals surface area contributed by atoms with E-state index in [2.05, 4.69) is 15.3 Å². The summed E-state index contributed by atoms with van der Waals surface area (Å²) in [5, 5.41) is 14.0. The molecule has 0 atom stereocenters. The smallest absolute Gasteiger partial charge is 0.311 e. The summed E-state index contributed by atoms with van der Waals surface area (Å²) in [7, 11) is 1.73. The minimum Gasteiger partial charge on any atom is -0.432 e. The lowest BCUT2D eigenvalue weighted by Crippen LogP contribution is -2.00. The second-order valence-electron chi connectivity index (χ2n) is 4.40. The molecular weight excluding hydrogens is 272 g/mol. The lowest BCUT2D eigenvalue weighted by molar-refractivity contribution is -0.385. The maximum atomic E-state index is 11.2. The van der Waals surface area contributed by atoms with E-state index in [4.69, 9.17) is 4.74 Å². The highest BCUT2D eigenvalue weighted by Crippen LogP contribution is 2.32. The quantitative estimate of drug-likeness (QED) is 0.671. The van der Waals surface area contributed by atoms with Gasteiger partial charge in [0.25, 0.3) is 0 Å². The molecule has 110 valence electrons. The highest BCUT2D eigenvalue weighted by atomic mass is 16.6. The monoisotopic (exact) mass is 288 g/mol. The van der Waals surface area contributed by atoms with Gasteiger partial charge in [0.2, 0.25) is 11.6 Å². The second kappa shape index (κ2) is 6.17. The van der Waals surface area contributed by atoms with Crippen LogP contribution in [0.2, 0.25) is 0 Å². The molecule has 0 amide bonds. The second-order valence-corrected chi connectivity index (χ2v) is 4.40. The lowest BCUT2D eigenvalue weighted by atomic mass is 10.1. The largest absolute Gasteiger partial charge is 0.432 e. The Morgan fingerprint density at radius 3 is 2.71 bits per heavy atom. The van der Waals surface area contributed by atoms with Gasteiger partial charge in [-0.2, -0.15) is 4.98 Å². The van der Waals surface area contributed by atoms with E-state index in [9.17, 15) is 10.1 Å². The number of nitrogens with one attached hydrogen (secondary N) is 1. The molecule has 0 unspecified atom stereocenters. The van der Waals surface area contributed by atoms with E-state index in [-0.39, 0.29) is 17.3 Å². The maximum absolute atomic E-state index is 11.2. The van der Waals surface area contributed by atoms with Crippen LogP contribution in [0.5, 0.6) is 11.6 Å². The van der Waals surface area contributed by atoms with Crippen LogP contribution in [0.25, 0.3) is 0 Å². The van der Waals surface area contributed by atoms with E-state index in [0.29, 0.717) is 11.6 Å². The molecule has 2 aromatic rings. The van der Waals surface area contributed by atoms with Gasteiger partial charge in [-0.05, 0) is 25.0 Å². The summed E-state index contributed by atoms with van der Waals surface area (Å²) in [4.78, 5) is 19.0. The summed E-state index contributed by atoms with van der Waals surface area (Å²) in [6, 6.07) is 6.50. The number of nitro benzene ring substituents is 1. The Morgan fingerprint density at radius 1 is 1.33 bits per heavy atom. The molecule has 1 aromatic carbocycles. The van der Waals surface area contributed by atoms with Gasteiger partial charge in [-0.15, -0.1) is 0 Å². The predicted molar refractivity (Wildman–Crippen MR) is 78.9 cm³/mol. The van der Waals surface area contributed by atoms with E-state index in [0.717, 1.165) is 12.0 Å². The molecule has 1 heterocycles. The van der Waals surface area contributed by atoms with Crippen molar-refractivity contribution >= 4 is 11.5 Å². The van der Waals surface area contributed by atoms with Crippen molar-refractivity contribution in [1.82, 2.24) is 9.97 Å². The van der Waals surface area contributed by atoms with Crippen molar-refractivity contribution in [3.05, 3.63) is 45.8 Å². The Balaban J connectivity index is 2.39. The Morgan fingerprint density at radius 2 is 2.10 bits per heavy atom. The van der Waals surface area contributed by atoms with Crippen LogP contribution in [0.3, 0.4) is 0 Å². The van der Waals surface area contributed by atoms with Gasteiger partial charge in [0.15, 0.2) is 0 Å². The van der Waals surface area contributed by atoms with Crippen LogP contribution in [0.4, 0.5) is 11.5 Å². The van der Waals surface area contributed by atoms with Crippen molar-refractivity contribution in [2.75, 3.05) is 12.4 Å². The fraction of sp³-hybridized carbons (Fsp3) is 0.286. The summed E-state index contributed by atoms with van der Waals surface area (Å²) in [6.45, 7) is 3.66. The number of anilines is 1. The molecule has 7 nitrogen and oxygen atoms in total. The molecule has 0 spiro atoms. The number of aryl methyl sites for hydroxylation is 2. The number of rotatable bonds is 5. The van der Waals surface area contributed by atoms with Crippen molar-refractivity contribution in [1.29, 1.82) is 0 Å². The van der Waals surface area contributed by atoms with Gasteiger partial charge < -0.3 is 10.1 Å². The van der Waals surface area contributed by atoms with E-state index in [1.54, 1.807) is 32.2 Å². The molecule has 0 aliphatic carbocycles. The van der Waals surface area contributed by atoms with Gasteiger partial charge >= 0.3 is 5.69 Å². The summed E-state index contributed by atoms with van der Waals surface area (Å²) in [6.07, 6.45) is 0.720. The van der Waals surface area contributed by atoms with Crippen LogP contribution in [-0.2, 0) is 6.42 Å². The Hall–Kier alpha value is -2.70. The zero-order valence-electron chi connectivity index (χ0n) is 12.1. The third-order valence-electron chi connectivity index (χ3n) is 2.91. The first-order chi connectivity index (χ1) is 10.0. The summed E-state index contributed by atoms with van der Waals surface area (Å²) in [5.74, 6) is 1.53. The fourth-order valence-electron chi connectivity index (χ4n) is 1.85. The number of hydrogen-bond acceptors (Lipinski definition) is 6. The van der Waals surface area contributed by atoms with Crippen LogP contribution in [0.15, 0.2) is 24.3 Å². The van der Waals surface area contributed by atoms with Crippen molar-refractivity contribution in [3.63, 3.8) is 0 Å².